The van der Waals surface area contributed by atoms with Crippen LogP contribution in [-0.2, 0) is 4.79 Å². The van der Waals surface area contributed by atoms with Crippen LogP contribution in [-0.4, -0.2) is 48.4 Å². The van der Waals surface area contributed by atoms with E-state index in [4.69, 9.17) is 5.11 Å². The van der Waals surface area contributed by atoms with E-state index in [1.165, 1.54) is 0 Å². The molecular weight excluding hydrogens is 206 g/mol. The summed E-state index contributed by atoms with van der Waals surface area (Å²) >= 11 is 0. The van der Waals surface area contributed by atoms with Gasteiger partial charge in [-0.25, -0.2) is 4.99 Å². The van der Waals surface area contributed by atoms with Crippen LogP contribution in [0.2, 0.25) is 0 Å². The van der Waals surface area contributed by atoms with Crippen LogP contribution in [0.5, 0.6) is 0 Å². The smallest absolute Gasteiger partial charge is 0.304 e. The number of aliphatic carboxylic acids is 1. The molecule has 0 saturated heterocycles. The van der Waals surface area contributed by atoms with E-state index in [0.29, 0.717) is 12.4 Å². The molecule has 0 saturated carbocycles. The van der Waals surface area contributed by atoms with Crippen LogP contribution in [0.3, 0.4) is 0 Å². The van der Waals surface area contributed by atoms with Crippen molar-refractivity contribution in [3.05, 3.63) is 12.4 Å². The van der Waals surface area contributed by atoms with E-state index in [1.54, 1.807) is 6.21 Å². The highest BCUT2D eigenvalue weighted by atomic mass is 16.4. The second-order valence-corrected chi connectivity index (χ2v) is 3.79. The Hall–Kier alpha value is -1.36. The summed E-state index contributed by atoms with van der Waals surface area (Å²) in [4.78, 5) is 16.3. The van der Waals surface area contributed by atoms with Gasteiger partial charge in [-0.2, -0.15) is 0 Å². The van der Waals surface area contributed by atoms with Gasteiger partial charge >= 0.3 is 5.97 Å². The molecule has 0 radical (unpaired) electrons. The molecule has 0 spiro atoms. The zero-order chi connectivity index (χ0) is 12.6. The molecule has 0 rings (SSSR count). The van der Waals surface area contributed by atoms with Crippen LogP contribution in [0.4, 0.5) is 0 Å². The molecule has 1 unspecified atom stereocenters. The van der Waals surface area contributed by atoms with Crippen molar-refractivity contribution in [2.45, 2.75) is 26.3 Å². The highest BCUT2D eigenvalue weighted by Crippen LogP contribution is 1.95. The van der Waals surface area contributed by atoms with E-state index in [0.717, 1.165) is 6.54 Å². The van der Waals surface area contributed by atoms with Gasteiger partial charge in [-0.05, 0) is 20.9 Å². The SMILES string of the molecule is C=C(/N=C\C)NC(C)CN(C)CCC(=O)O. The molecule has 0 aliphatic heterocycles. The molecule has 5 nitrogen and oxygen atoms in total. The molecule has 0 heterocycles. The third-order valence-corrected chi connectivity index (χ3v) is 1.99. The zero-order valence-corrected chi connectivity index (χ0v) is 10.2. The first kappa shape index (κ1) is 14.6. The second-order valence-electron chi connectivity index (χ2n) is 3.79. The molecular formula is C11H21N3O2. The van der Waals surface area contributed by atoms with Gasteiger partial charge in [0.2, 0.25) is 0 Å². The number of carboxylic acids is 1. The Labute approximate surface area is 96.9 Å². The number of nitrogens with one attached hydrogen (secondary N) is 1. The first-order valence-corrected chi connectivity index (χ1v) is 5.30. The summed E-state index contributed by atoms with van der Waals surface area (Å²) in [6, 6.07) is 0.190. The van der Waals surface area contributed by atoms with Crippen LogP contribution < -0.4 is 5.32 Å². The van der Waals surface area contributed by atoms with Crippen LogP contribution in [0.25, 0.3) is 0 Å². The van der Waals surface area contributed by atoms with Crippen LogP contribution >= 0.6 is 0 Å². The molecule has 92 valence electrons. The summed E-state index contributed by atoms with van der Waals surface area (Å²) < 4.78 is 0. The van der Waals surface area contributed by atoms with E-state index < -0.39 is 5.97 Å². The summed E-state index contributed by atoms with van der Waals surface area (Å²) in [5.41, 5.74) is 0. The summed E-state index contributed by atoms with van der Waals surface area (Å²) in [7, 11) is 1.90. The Balaban J connectivity index is 3.81. The molecule has 0 aromatic heterocycles. The van der Waals surface area contributed by atoms with Gasteiger partial charge in [0.15, 0.2) is 0 Å². The van der Waals surface area contributed by atoms with Crippen molar-refractivity contribution in [1.82, 2.24) is 10.2 Å². The van der Waals surface area contributed by atoms with Crippen molar-refractivity contribution in [2.24, 2.45) is 4.99 Å². The van der Waals surface area contributed by atoms with Gasteiger partial charge in [-0.3, -0.25) is 4.79 Å². The minimum absolute atomic E-state index is 0.164. The number of likely N-dealkylation sites (N-methyl/N-ethyl adjacent to an activating group) is 1. The van der Waals surface area contributed by atoms with E-state index in [2.05, 4.69) is 16.9 Å². The number of hydrogen-bond donors (Lipinski definition) is 2. The number of carbonyl (C=O) groups is 1. The Morgan fingerprint density at radius 1 is 1.69 bits per heavy atom. The molecule has 0 aliphatic carbocycles. The second kappa shape index (κ2) is 7.87. The maximum absolute atomic E-state index is 10.4. The third kappa shape index (κ3) is 7.99. The van der Waals surface area contributed by atoms with E-state index in [9.17, 15) is 4.79 Å². The largest absolute Gasteiger partial charge is 0.481 e. The lowest BCUT2D eigenvalue weighted by molar-refractivity contribution is -0.137. The molecule has 1 atom stereocenters. The standard InChI is InChI=1S/C11H21N3O2/c1-5-12-10(3)13-9(2)8-14(4)7-6-11(15)16/h5,9,13H,3,6-8H2,1-2,4H3,(H,15,16)/b12-5-. The predicted molar refractivity (Wildman–Crippen MR) is 65.7 cm³/mol. The number of carboxylic acid groups (broad SMARTS) is 1. The molecule has 0 aromatic rings. The molecule has 0 amide bonds. The van der Waals surface area contributed by atoms with Crippen LogP contribution in [0.1, 0.15) is 20.3 Å². The average Bonchev–Trinajstić information content (AvgIpc) is 2.14. The first-order valence-electron chi connectivity index (χ1n) is 5.30. The van der Waals surface area contributed by atoms with Crippen molar-refractivity contribution in [1.29, 1.82) is 0 Å². The quantitative estimate of drug-likeness (QED) is 0.605. The lowest BCUT2D eigenvalue weighted by atomic mass is 10.3. The van der Waals surface area contributed by atoms with Gasteiger partial charge < -0.3 is 15.3 Å². The van der Waals surface area contributed by atoms with Gasteiger partial charge in [-0.1, -0.05) is 6.58 Å². The van der Waals surface area contributed by atoms with Crippen molar-refractivity contribution in [3.63, 3.8) is 0 Å². The minimum Gasteiger partial charge on any atom is -0.481 e. The maximum Gasteiger partial charge on any atom is 0.304 e. The highest BCUT2D eigenvalue weighted by molar-refractivity contribution is 5.66. The summed E-state index contributed by atoms with van der Waals surface area (Å²) in [6.07, 6.45) is 1.84. The van der Waals surface area contributed by atoms with Gasteiger partial charge in [0.1, 0.15) is 5.82 Å². The van der Waals surface area contributed by atoms with Gasteiger partial charge in [0.25, 0.3) is 0 Å². The van der Waals surface area contributed by atoms with Crippen molar-refractivity contribution < 1.29 is 9.90 Å². The Morgan fingerprint density at radius 3 is 2.81 bits per heavy atom. The normalized spacial score (nSPS) is 13.0. The van der Waals surface area contributed by atoms with Crippen molar-refractivity contribution in [2.75, 3.05) is 20.1 Å². The van der Waals surface area contributed by atoms with Gasteiger partial charge in [-0.15, -0.1) is 0 Å². The van der Waals surface area contributed by atoms with Gasteiger partial charge in [0, 0.05) is 25.3 Å². The van der Waals surface area contributed by atoms with Crippen LogP contribution in [0, 0.1) is 0 Å². The minimum atomic E-state index is -0.771. The highest BCUT2D eigenvalue weighted by Gasteiger charge is 2.07. The molecule has 16 heavy (non-hydrogen) atoms. The van der Waals surface area contributed by atoms with Crippen molar-refractivity contribution in [3.8, 4) is 0 Å². The summed E-state index contributed by atoms with van der Waals surface area (Å²) in [5.74, 6) is -0.144. The van der Waals surface area contributed by atoms with E-state index in [1.807, 2.05) is 25.8 Å². The molecule has 0 aliphatic rings. The number of hydrogen-bond acceptors (Lipinski definition) is 4. The summed E-state index contributed by atoms with van der Waals surface area (Å²) in [6.45, 7) is 8.88. The number of nitrogens with zero attached hydrogens (tertiary/aromatic N) is 2. The van der Waals surface area contributed by atoms with Crippen LogP contribution in [0.15, 0.2) is 17.4 Å². The topological polar surface area (TPSA) is 64.9 Å². The molecule has 2 N–H and O–H groups in total. The number of aliphatic imine (C=N–C) groups is 1. The maximum atomic E-state index is 10.4. The summed E-state index contributed by atoms with van der Waals surface area (Å²) in [5, 5.41) is 11.7. The lowest BCUT2D eigenvalue weighted by Gasteiger charge is -2.22. The Bertz CT molecular complexity index is 264. The van der Waals surface area contributed by atoms with Crippen molar-refractivity contribution >= 4 is 12.2 Å². The van der Waals surface area contributed by atoms with E-state index >= 15 is 0 Å². The fourth-order valence-corrected chi connectivity index (χ4v) is 1.37. The Morgan fingerprint density at radius 2 is 2.31 bits per heavy atom. The van der Waals surface area contributed by atoms with E-state index in [-0.39, 0.29) is 12.5 Å². The molecule has 0 bridgehead atoms. The average molecular weight is 227 g/mol. The zero-order valence-electron chi connectivity index (χ0n) is 10.2. The predicted octanol–water partition coefficient (Wildman–Crippen LogP) is 0.933. The third-order valence-electron chi connectivity index (χ3n) is 1.99. The fraction of sp³-hybridized carbons (Fsp3) is 0.636. The monoisotopic (exact) mass is 227 g/mol. The first-order chi connectivity index (χ1) is 7.45. The Kier molecular flexibility index (Phi) is 7.20. The number of rotatable bonds is 8. The molecule has 0 fully saturated rings. The lowest BCUT2D eigenvalue weighted by Crippen LogP contribution is -2.37. The molecule has 0 aromatic carbocycles. The molecule has 5 heteroatoms. The fourth-order valence-electron chi connectivity index (χ4n) is 1.37. The van der Waals surface area contributed by atoms with Gasteiger partial charge in [0.05, 0.1) is 6.42 Å².